The van der Waals surface area contributed by atoms with Gasteiger partial charge in [0.1, 0.15) is 12.4 Å². The Morgan fingerprint density at radius 3 is 2.48 bits per heavy atom. The molecule has 3 aromatic rings. The van der Waals surface area contributed by atoms with Crippen molar-refractivity contribution in [1.29, 1.82) is 0 Å². The van der Waals surface area contributed by atoms with Gasteiger partial charge in [0.25, 0.3) is 5.91 Å². The summed E-state index contributed by atoms with van der Waals surface area (Å²) in [6.07, 6.45) is 0. The van der Waals surface area contributed by atoms with Gasteiger partial charge in [-0.15, -0.1) is 0 Å². The highest BCUT2D eigenvalue weighted by Crippen LogP contribution is 2.20. The highest BCUT2D eigenvalue weighted by molar-refractivity contribution is 7.89. The molecule has 6 nitrogen and oxygen atoms in total. The number of halogens is 1. The number of hydrogen-bond donors (Lipinski definition) is 1. The molecule has 3 aromatic carbocycles. The van der Waals surface area contributed by atoms with Gasteiger partial charge in [0, 0.05) is 31.2 Å². The van der Waals surface area contributed by atoms with E-state index in [2.05, 4.69) is 5.32 Å². The smallest absolute Gasteiger partial charge is 0.251 e. The number of hydrogen-bond acceptors (Lipinski definition) is 4. The summed E-state index contributed by atoms with van der Waals surface area (Å²) < 4.78 is 31.9. The van der Waals surface area contributed by atoms with Crippen molar-refractivity contribution in [3.8, 4) is 5.75 Å². The molecule has 8 heteroatoms. The molecule has 0 heterocycles. The fourth-order valence-electron chi connectivity index (χ4n) is 2.90. The summed E-state index contributed by atoms with van der Waals surface area (Å²) >= 11 is 5.99. The van der Waals surface area contributed by atoms with Crippen molar-refractivity contribution < 1.29 is 17.9 Å². The van der Waals surface area contributed by atoms with E-state index in [0.29, 0.717) is 28.5 Å². The molecule has 31 heavy (non-hydrogen) atoms. The van der Waals surface area contributed by atoms with E-state index in [9.17, 15) is 13.2 Å². The standard InChI is InChI=1S/C23H23ClN2O4S/c1-26(2)31(28,29)22-12-4-3-8-19(22)15-25-23(27)18-9-6-11-21(14-18)30-16-17-7-5-10-20(24)13-17/h3-14H,15-16H2,1-2H3,(H,25,27). The van der Waals surface area contributed by atoms with Crippen LogP contribution in [0.1, 0.15) is 21.5 Å². The number of nitrogens with zero attached hydrogens (tertiary/aromatic N) is 1. The largest absolute Gasteiger partial charge is 0.489 e. The van der Waals surface area contributed by atoms with Gasteiger partial charge in [-0.2, -0.15) is 0 Å². The summed E-state index contributed by atoms with van der Waals surface area (Å²) in [4.78, 5) is 12.8. The summed E-state index contributed by atoms with van der Waals surface area (Å²) in [7, 11) is -0.667. The summed E-state index contributed by atoms with van der Waals surface area (Å²) in [5.41, 5.74) is 1.84. The van der Waals surface area contributed by atoms with Crippen molar-refractivity contribution in [3.05, 3.63) is 94.5 Å². The van der Waals surface area contributed by atoms with Gasteiger partial charge in [-0.3, -0.25) is 4.79 Å². The van der Waals surface area contributed by atoms with Gasteiger partial charge in [-0.1, -0.05) is 48.0 Å². The summed E-state index contributed by atoms with van der Waals surface area (Å²) in [6.45, 7) is 0.400. The van der Waals surface area contributed by atoms with Crippen molar-refractivity contribution >= 4 is 27.5 Å². The van der Waals surface area contributed by atoms with Crippen LogP contribution in [0.3, 0.4) is 0 Å². The van der Waals surface area contributed by atoms with Crippen molar-refractivity contribution in [2.24, 2.45) is 0 Å². The van der Waals surface area contributed by atoms with Crippen LogP contribution in [0.25, 0.3) is 0 Å². The first-order valence-electron chi connectivity index (χ1n) is 9.53. The van der Waals surface area contributed by atoms with Crippen LogP contribution in [0.5, 0.6) is 5.75 Å². The highest BCUT2D eigenvalue weighted by atomic mass is 35.5. The topological polar surface area (TPSA) is 75.7 Å². The van der Waals surface area contributed by atoms with Crippen molar-refractivity contribution in [1.82, 2.24) is 9.62 Å². The second-order valence-electron chi connectivity index (χ2n) is 7.02. The maximum absolute atomic E-state index is 12.6. The third kappa shape index (κ3) is 5.85. The number of carbonyl (C=O) groups is 1. The molecule has 0 unspecified atom stereocenters. The molecule has 0 aliphatic heterocycles. The van der Waals surface area contributed by atoms with E-state index in [0.717, 1.165) is 9.87 Å². The van der Waals surface area contributed by atoms with Gasteiger partial charge in [0.05, 0.1) is 4.90 Å². The van der Waals surface area contributed by atoms with Gasteiger partial charge in [-0.25, -0.2) is 12.7 Å². The van der Waals surface area contributed by atoms with E-state index < -0.39 is 10.0 Å². The van der Waals surface area contributed by atoms with E-state index in [-0.39, 0.29) is 17.3 Å². The lowest BCUT2D eigenvalue weighted by Crippen LogP contribution is -2.27. The molecule has 0 aromatic heterocycles. The van der Waals surface area contributed by atoms with Crippen LogP contribution in [0.4, 0.5) is 0 Å². The Hall–Kier alpha value is -2.87. The maximum Gasteiger partial charge on any atom is 0.251 e. The monoisotopic (exact) mass is 458 g/mol. The molecule has 0 aliphatic carbocycles. The second kappa shape index (κ2) is 9.96. The molecule has 162 valence electrons. The van der Waals surface area contributed by atoms with Crippen LogP contribution in [0.15, 0.2) is 77.7 Å². The molecule has 0 saturated heterocycles. The van der Waals surface area contributed by atoms with E-state index in [1.165, 1.54) is 20.2 Å². The molecule has 0 atom stereocenters. The van der Waals surface area contributed by atoms with Crippen molar-refractivity contribution in [3.63, 3.8) is 0 Å². The fourth-order valence-corrected chi connectivity index (χ4v) is 4.22. The summed E-state index contributed by atoms with van der Waals surface area (Å²) in [6, 6.07) is 20.8. The first-order valence-corrected chi connectivity index (χ1v) is 11.3. The van der Waals surface area contributed by atoms with Crippen LogP contribution in [0.2, 0.25) is 5.02 Å². The number of benzene rings is 3. The molecule has 0 bridgehead atoms. The predicted octanol–water partition coefficient (Wildman–Crippen LogP) is 4.10. The predicted molar refractivity (Wildman–Crippen MR) is 121 cm³/mol. The maximum atomic E-state index is 12.6. The van der Waals surface area contributed by atoms with Crippen molar-refractivity contribution in [2.45, 2.75) is 18.0 Å². The first kappa shape index (κ1) is 22.8. The molecule has 0 fully saturated rings. The average Bonchev–Trinajstić information content (AvgIpc) is 2.76. The molecule has 0 saturated carbocycles. The lowest BCUT2D eigenvalue weighted by Gasteiger charge is -2.15. The van der Waals surface area contributed by atoms with E-state index in [1.807, 2.05) is 18.2 Å². The zero-order chi connectivity index (χ0) is 22.4. The molecule has 3 rings (SSSR count). The van der Waals surface area contributed by atoms with Crippen molar-refractivity contribution in [2.75, 3.05) is 14.1 Å². The Labute approximate surface area is 187 Å². The van der Waals surface area contributed by atoms with Crippen LogP contribution in [-0.4, -0.2) is 32.7 Å². The SMILES string of the molecule is CN(C)S(=O)(=O)c1ccccc1CNC(=O)c1cccc(OCc2cccc(Cl)c2)c1. The second-order valence-corrected chi connectivity index (χ2v) is 9.58. The minimum Gasteiger partial charge on any atom is -0.489 e. The highest BCUT2D eigenvalue weighted by Gasteiger charge is 2.21. The summed E-state index contributed by atoms with van der Waals surface area (Å²) in [5.74, 6) is 0.216. The molecule has 0 spiro atoms. The van der Waals surface area contributed by atoms with Gasteiger partial charge in [-0.05, 0) is 47.5 Å². The summed E-state index contributed by atoms with van der Waals surface area (Å²) in [5, 5.41) is 3.41. The molecule has 1 N–H and O–H groups in total. The lowest BCUT2D eigenvalue weighted by molar-refractivity contribution is 0.0950. The Bertz CT molecular complexity index is 1180. The minimum atomic E-state index is -3.61. The zero-order valence-electron chi connectivity index (χ0n) is 17.2. The fraction of sp³-hybridized carbons (Fsp3) is 0.174. The number of rotatable bonds is 8. The van der Waals surface area contributed by atoms with Crippen LogP contribution < -0.4 is 10.1 Å². The lowest BCUT2D eigenvalue weighted by atomic mass is 10.2. The van der Waals surface area contributed by atoms with Gasteiger partial charge >= 0.3 is 0 Å². The van der Waals surface area contributed by atoms with Crippen LogP contribution in [0, 0.1) is 0 Å². The normalized spacial score (nSPS) is 11.4. The Morgan fingerprint density at radius 1 is 1.00 bits per heavy atom. The number of carbonyl (C=O) groups excluding carboxylic acids is 1. The average molecular weight is 459 g/mol. The molecular formula is C23H23ClN2O4S. The Morgan fingerprint density at radius 2 is 1.74 bits per heavy atom. The molecular weight excluding hydrogens is 436 g/mol. The molecule has 0 aliphatic rings. The number of amides is 1. The number of nitrogens with one attached hydrogen (secondary N) is 1. The molecule has 0 radical (unpaired) electrons. The Balaban J connectivity index is 1.68. The zero-order valence-corrected chi connectivity index (χ0v) is 18.8. The first-order chi connectivity index (χ1) is 14.8. The van der Waals surface area contributed by atoms with Crippen LogP contribution in [-0.2, 0) is 23.2 Å². The van der Waals surface area contributed by atoms with Gasteiger partial charge in [0.15, 0.2) is 0 Å². The number of sulfonamides is 1. The molecule has 1 amide bonds. The third-order valence-corrected chi connectivity index (χ3v) is 6.71. The number of ether oxygens (including phenoxy) is 1. The van der Waals surface area contributed by atoms with Crippen LogP contribution >= 0.6 is 11.6 Å². The Kier molecular flexibility index (Phi) is 7.33. The van der Waals surface area contributed by atoms with E-state index in [1.54, 1.807) is 48.5 Å². The van der Waals surface area contributed by atoms with E-state index >= 15 is 0 Å². The van der Waals surface area contributed by atoms with E-state index in [4.69, 9.17) is 16.3 Å². The van der Waals surface area contributed by atoms with Gasteiger partial charge < -0.3 is 10.1 Å². The minimum absolute atomic E-state index is 0.0790. The quantitative estimate of drug-likeness (QED) is 0.551. The van der Waals surface area contributed by atoms with Gasteiger partial charge in [0.2, 0.25) is 10.0 Å². The third-order valence-electron chi connectivity index (χ3n) is 4.56.